The lowest BCUT2D eigenvalue weighted by atomic mass is 9.86. The van der Waals surface area contributed by atoms with Crippen molar-refractivity contribution in [3.8, 4) is 51.2 Å². The molecule has 270 valence electrons. The summed E-state index contributed by atoms with van der Waals surface area (Å²) in [5.74, 6) is -0.00932. The number of carbonyl (C=O) groups excluding carboxylic acids is 2. The minimum atomic E-state index is -0.653. The average Bonchev–Trinajstić information content (AvgIpc) is 3.75. The normalized spacial score (nSPS) is 19.6. The number of hydrogen-bond acceptors (Lipinski definition) is 10. The SMILES string of the molecule is COc1nc(-c2cccc(-c3cccc(-c4cc5c(c(OC)n4)[C@@H](N4CC6(CCC(=O)N6)C4)CO5)c3F)c2F)cnc1CN1CCN(C(C)=O)CC1. The summed E-state index contributed by atoms with van der Waals surface area (Å²) in [7, 11) is 3.01. The number of halogens is 2. The Hall–Kier alpha value is -5.21. The summed E-state index contributed by atoms with van der Waals surface area (Å²) in [6.07, 6.45) is 2.85. The number of benzene rings is 2. The molecule has 14 heteroatoms. The summed E-state index contributed by atoms with van der Waals surface area (Å²) in [6, 6.07) is 11.1. The Kier molecular flexibility index (Phi) is 8.74. The van der Waals surface area contributed by atoms with Crippen molar-refractivity contribution in [1.29, 1.82) is 0 Å². The van der Waals surface area contributed by atoms with Crippen LogP contribution in [0.3, 0.4) is 0 Å². The minimum Gasteiger partial charge on any atom is -0.491 e. The Morgan fingerprint density at radius 3 is 2.19 bits per heavy atom. The van der Waals surface area contributed by atoms with E-state index in [2.05, 4.69) is 25.1 Å². The smallest absolute Gasteiger partial charge is 0.237 e. The van der Waals surface area contributed by atoms with Gasteiger partial charge >= 0.3 is 0 Å². The van der Waals surface area contributed by atoms with E-state index in [4.69, 9.17) is 19.2 Å². The van der Waals surface area contributed by atoms with Gasteiger partial charge in [0.05, 0.1) is 48.9 Å². The quantitative estimate of drug-likeness (QED) is 0.284. The first-order valence-electron chi connectivity index (χ1n) is 17.4. The van der Waals surface area contributed by atoms with E-state index in [1.807, 2.05) is 4.90 Å². The zero-order chi connectivity index (χ0) is 36.1. The fourth-order valence-electron chi connectivity index (χ4n) is 7.84. The van der Waals surface area contributed by atoms with Crippen molar-refractivity contribution in [3.63, 3.8) is 0 Å². The maximum Gasteiger partial charge on any atom is 0.237 e. The van der Waals surface area contributed by atoms with Crippen LogP contribution in [0.4, 0.5) is 8.78 Å². The number of ether oxygens (including phenoxy) is 3. The van der Waals surface area contributed by atoms with E-state index >= 15 is 8.78 Å². The van der Waals surface area contributed by atoms with E-state index in [0.717, 1.165) is 12.0 Å². The molecule has 2 aromatic carbocycles. The van der Waals surface area contributed by atoms with E-state index in [1.54, 1.807) is 37.3 Å². The van der Waals surface area contributed by atoms with E-state index in [-0.39, 0.29) is 57.2 Å². The van der Waals surface area contributed by atoms with Crippen molar-refractivity contribution in [2.24, 2.45) is 0 Å². The summed E-state index contributed by atoms with van der Waals surface area (Å²) >= 11 is 0. The molecule has 2 aromatic heterocycles. The highest BCUT2D eigenvalue weighted by atomic mass is 19.1. The second-order valence-corrected chi connectivity index (χ2v) is 13.8. The van der Waals surface area contributed by atoms with Crippen LogP contribution < -0.4 is 19.5 Å². The Morgan fingerprint density at radius 2 is 1.58 bits per heavy atom. The van der Waals surface area contributed by atoms with Gasteiger partial charge in [0, 0.05) is 87.5 Å². The first kappa shape index (κ1) is 33.9. The number of nitrogens with one attached hydrogen (secondary N) is 1. The molecular weight excluding hydrogens is 672 g/mol. The maximum atomic E-state index is 16.5. The summed E-state index contributed by atoms with van der Waals surface area (Å²) < 4.78 is 50.2. The molecule has 6 heterocycles. The van der Waals surface area contributed by atoms with Crippen LogP contribution in [0.2, 0.25) is 0 Å². The molecule has 0 aliphatic carbocycles. The van der Waals surface area contributed by atoms with Gasteiger partial charge in [0.25, 0.3) is 0 Å². The number of aromatic nitrogens is 3. The Balaban J connectivity index is 1.05. The second-order valence-electron chi connectivity index (χ2n) is 13.8. The molecule has 0 bridgehead atoms. The lowest BCUT2D eigenvalue weighted by Gasteiger charge is -2.50. The molecular formula is C38H39F2N7O5. The van der Waals surface area contributed by atoms with Crippen LogP contribution in [-0.4, -0.2) is 107 Å². The van der Waals surface area contributed by atoms with Gasteiger partial charge in [-0.05, 0) is 18.6 Å². The van der Waals surface area contributed by atoms with Crippen LogP contribution in [0.15, 0.2) is 48.7 Å². The highest BCUT2D eigenvalue weighted by molar-refractivity contribution is 5.80. The van der Waals surface area contributed by atoms with Crippen molar-refractivity contribution >= 4 is 11.8 Å². The van der Waals surface area contributed by atoms with E-state index in [0.29, 0.717) is 81.9 Å². The van der Waals surface area contributed by atoms with Gasteiger partial charge in [-0.1, -0.05) is 24.3 Å². The molecule has 4 aliphatic heterocycles. The molecule has 1 atom stereocenters. The zero-order valence-corrected chi connectivity index (χ0v) is 29.2. The molecule has 2 amide bonds. The standard InChI is InChI=1S/C38H39F2N7O5/c1-22(48)46-14-12-45(13-15-46)18-29-36(50-2)43-28(17-41-29)26-9-5-7-24(35(26)40)23-6-4-8-25(34(23)39)27-16-31-33(37(42-27)51-3)30(19-52-31)47-20-38(21-47)11-10-32(49)44-38/h4-9,16-17,30H,10-15,18-21H2,1-3H3,(H,44,49)/t30-/m0/s1. The van der Waals surface area contributed by atoms with Gasteiger partial charge in [-0.2, -0.15) is 0 Å². The monoisotopic (exact) mass is 711 g/mol. The molecule has 0 radical (unpaired) electrons. The molecule has 12 nitrogen and oxygen atoms in total. The first-order valence-corrected chi connectivity index (χ1v) is 17.4. The second kappa shape index (κ2) is 13.4. The van der Waals surface area contributed by atoms with Crippen LogP contribution in [0.1, 0.15) is 37.1 Å². The average molecular weight is 712 g/mol. The number of methoxy groups -OCH3 is 2. The van der Waals surface area contributed by atoms with Gasteiger partial charge in [0.15, 0.2) is 0 Å². The van der Waals surface area contributed by atoms with Crippen molar-refractivity contribution in [2.45, 2.75) is 37.9 Å². The molecule has 3 fully saturated rings. The number of piperazine rings is 1. The van der Waals surface area contributed by atoms with Gasteiger partial charge in [0.2, 0.25) is 23.6 Å². The first-order chi connectivity index (χ1) is 25.2. The number of likely N-dealkylation sites (tertiary alicyclic amines) is 1. The van der Waals surface area contributed by atoms with Crippen molar-refractivity contribution in [2.75, 3.05) is 60.1 Å². The molecule has 8 rings (SSSR count). The summed E-state index contributed by atoms with van der Waals surface area (Å²) in [4.78, 5) is 43.6. The third-order valence-electron chi connectivity index (χ3n) is 10.6. The van der Waals surface area contributed by atoms with Gasteiger partial charge < -0.3 is 24.4 Å². The van der Waals surface area contributed by atoms with E-state index in [9.17, 15) is 9.59 Å². The van der Waals surface area contributed by atoms with E-state index in [1.165, 1.54) is 32.5 Å². The van der Waals surface area contributed by atoms with Gasteiger partial charge in [0.1, 0.15) is 29.7 Å². The predicted molar refractivity (Wildman–Crippen MR) is 187 cm³/mol. The van der Waals surface area contributed by atoms with Crippen LogP contribution >= 0.6 is 0 Å². The molecule has 4 aromatic rings. The lowest BCUT2D eigenvalue weighted by molar-refractivity contribution is -0.130. The summed E-state index contributed by atoms with van der Waals surface area (Å²) in [5.41, 5.74) is 2.18. The zero-order valence-electron chi connectivity index (χ0n) is 29.2. The fraction of sp³-hybridized carbons (Fsp3) is 0.395. The van der Waals surface area contributed by atoms with Crippen molar-refractivity contribution in [1.82, 2.24) is 35.0 Å². The number of amides is 2. The molecule has 1 N–H and O–H groups in total. The Morgan fingerprint density at radius 1 is 0.942 bits per heavy atom. The Bertz CT molecular complexity index is 2070. The molecule has 0 unspecified atom stereocenters. The van der Waals surface area contributed by atoms with Gasteiger partial charge in [-0.3, -0.25) is 24.4 Å². The third-order valence-corrected chi connectivity index (χ3v) is 10.6. The number of nitrogens with zero attached hydrogens (tertiary/aromatic N) is 6. The van der Waals surface area contributed by atoms with Crippen LogP contribution in [0.25, 0.3) is 33.6 Å². The molecule has 4 aliphatic rings. The fourth-order valence-corrected chi connectivity index (χ4v) is 7.84. The number of pyridine rings is 1. The lowest BCUT2D eigenvalue weighted by Crippen LogP contribution is -2.67. The van der Waals surface area contributed by atoms with Crippen LogP contribution in [0, 0.1) is 11.6 Å². The summed E-state index contributed by atoms with van der Waals surface area (Å²) in [5, 5.41) is 3.11. The number of hydrogen-bond donors (Lipinski definition) is 1. The number of fused-ring (bicyclic) bond motifs is 1. The minimum absolute atomic E-state index is 0.0549. The highest BCUT2D eigenvalue weighted by Gasteiger charge is 2.51. The number of rotatable bonds is 8. The molecule has 0 saturated carbocycles. The van der Waals surface area contributed by atoms with Gasteiger partial charge in [-0.25, -0.2) is 18.7 Å². The number of carbonyl (C=O) groups is 2. The molecule has 1 spiro atoms. The summed E-state index contributed by atoms with van der Waals surface area (Å²) in [6.45, 7) is 6.48. The Labute approximate surface area is 299 Å². The van der Waals surface area contributed by atoms with Crippen LogP contribution in [-0.2, 0) is 16.1 Å². The molecule has 52 heavy (non-hydrogen) atoms. The largest absolute Gasteiger partial charge is 0.491 e. The maximum absolute atomic E-state index is 16.5. The van der Waals surface area contributed by atoms with Crippen LogP contribution in [0.5, 0.6) is 17.5 Å². The predicted octanol–water partition coefficient (Wildman–Crippen LogP) is 4.23. The van der Waals surface area contributed by atoms with E-state index < -0.39 is 11.6 Å². The topological polar surface area (TPSA) is 122 Å². The third kappa shape index (κ3) is 5.99. The van der Waals surface area contributed by atoms with Crippen molar-refractivity contribution in [3.05, 3.63) is 71.6 Å². The highest BCUT2D eigenvalue weighted by Crippen LogP contribution is 2.47. The molecule has 3 saturated heterocycles. The van der Waals surface area contributed by atoms with Crippen molar-refractivity contribution < 1.29 is 32.6 Å². The van der Waals surface area contributed by atoms with Gasteiger partial charge in [-0.15, -0.1) is 0 Å².